The predicted molar refractivity (Wildman–Crippen MR) is 100 cm³/mol. The summed E-state index contributed by atoms with van der Waals surface area (Å²) in [7, 11) is 1.30. The number of nitrogens with zero attached hydrogens (tertiary/aromatic N) is 4. The van der Waals surface area contributed by atoms with E-state index in [9.17, 15) is 28.1 Å². The van der Waals surface area contributed by atoms with Crippen LogP contribution in [0.1, 0.15) is 18.4 Å². The molecule has 2 aromatic rings. The molecule has 3 rings (SSSR count). The van der Waals surface area contributed by atoms with Gasteiger partial charge in [0.05, 0.1) is 23.5 Å². The van der Waals surface area contributed by atoms with Gasteiger partial charge in [0.1, 0.15) is 6.33 Å². The van der Waals surface area contributed by atoms with Gasteiger partial charge >= 0.3 is 17.8 Å². The lowest BCUT2D eigenvalue weighted by atomic mass is 9.97. The van der Waals surface area contributed by atoms with E-state index in [4.69, 9.17) is 4.74 Å². The van der Waals surface area contributed by atoms with E-state index in [2.05, 4.69) is 15.3 Å². The number of carbonyl (C=O) groups excluding carboxylic acids is 1. The van der Waals surface area contributed by atoms with E-state index >= 15 is 0 Å². The van der Waals surface area contributed by atoms with Gasteiger partial charge in [-0.1, -0.05) is 6.07 Å². The van der Waals surface area contributed by atoms with Crippen LogP contribution in [0.4, 0.5) is 36.2 Å². The van der Waals surface area contributed by atoms with Gasteiger partial charge in [-0.05, 0) is 31.0 Å². The molecular formula is C18H18F3N5O4. The average molecular weight is 425 g/mol. The van der Waals surface area contributed by atoms with Gasteiger partial charge in [0.15, 0.2) is 0 Å². The Morgan fingerprint density at radius 1 is 1.30 bits per heavy atom. The van der Waals surface area contributed by atoms with Gasteiger partial charge in [0.25, 0.3) is 0 Å². The molecular weight excluding hydrogens is 407 g/mol. The third-order valence-corrected chi connectivity index (χ3v) is 4.77. The Morgan fingerprint density at radius 3 is 2.60 bits per heavy atom. The Labute approximate surface area is 169 Å². The van der Waals surface area contributed by atoms with E-state index in [0.29, 0.717) is 25.9 Å². The van der Waals surface area contributed by atoms with Crippen LogP contribution in [0.15, 0.2) is 30.6 Å². The fourth-order valence-electron chi connectivity index (χ4n) is 3.26. The lowest BCUT2D eigenvalue weighted by Crippen LogP contribution is -2.37. The van der Waals surface area contributed by atoms with Crippen LogP contribution in [-0.2, 0) is 15.7 Å². The maximum atomic E-state index is 12.9. The van der Waals surface area contributed by atoms with Crippen molar-refractivity contribution in [2.45, 2.75) is 19.0 Å². The fourth-order valence-corrected chi connectivity index (χ4v) is 3.26. The number of hydrogen-bond donors (Lipinski definition) is 1. The molecule has 12 heteroatoms. The molecule has 0 amide bonds. The number of carbonyl (C=O) groups is 1. The normalized spacial score (nSPS) is 15.0. The number of esters is 1. The number of anilines is 3. The predicted octanol–water partition coefficient (Wildman–Crippen LogP) is 3.54. The van der Waals surface area contributed by atoms with E-state index < -0.39 is 22.4 Å². The summed E-state index contributed by atoms with van der Waals surface area (Å²) in [4.78, 5) is 32.2. The summed E-state index contributed by atoms with van der Waals surface area (Å²) in [5, 5.41) is 14.3. The molecule has 1 N–H and O–H groups in total. The van der Waals surface area contributed by atoms with Crippen molar-refractivity contribution in [2.24, 2.45) is 5.92 Å². The number of aromatic nitrogens is 2. The molecule has 0 saturated carbocycles. The first-order valence-corrected chi connectivity index (χ1v) is 8.97. The Hall–Kier alpha value is -3.44. The first-order chi connectivity index (χ1) is 14.2. The molecule has 2 heterocycles. The minimum absolute atomic E-state index is 0.00183. The summed E-state index contributed by atoms with van der Waals surface area (Å²) in [6.45, 7) is 0.668. The summed E-state index contributed by atoms with van der Waals surface area (Å²) in [6, 6.07) is 4.28. The van der Waals surface area contributed by atoms with Gasteiger partial charge in [-0.25, -0.2) is 9.97 Å². The standard InChI is InChI=1S/C18H18F3N5O4/c1-30-17(27)11-5-7-25(8-6-11)16-14(26(28)29)15(22-10-23-16)24-13-4-2-3-12(9-13)18(19,20)21/h2-4,9-11H,5-8H2,1H3,(H,22,23,24). The smallest absolute Gasteiger partial charge is 0.416 e. The Bertz CT molecular complexity index is 946. The first-order valence-electron chi connectivity index (χ1n) is 8.97. The monoisotopic (exact) mass is 425 g/mol. The quantitative estimate of drug-likeness (QED) is 0.440. The number of ether oxygens (including phenoxy) is 1. The number of halogens is 3. The zero-order valence-corrected chi connectivity index (χ0v) is 15.8. The molecule has 0 unspecified atom stereocenters. The SMILES string of the molecule is COC(=O)C1CCN(c2ncnc(Nc3cccc(C(F)(F)F)c3)c2[N+](=O)[O-])CC1. The van der Waals surface area contributed by atoms with Crippen LogP contribution in [0.3, 0.4) is 0 Å². The van der Waals surface area contributed by atoms with Gasteiger partial charge < -0.3 is 15.0 Å². The second-order valence-corrected chi connectivity index (χ2v) is 6.64. The highest BCUT2D eigenvalue weighted by Gasteiger charge is 2.33. The summed E-state index contributed by atoms with van der Waals surface area (Å²) in [5.74, 6) is -0.819. The van der Waals surface area contributed by atoms with Crippen LogP contribution in [0.5, 0.6) is 0 Å². The van der Waals surface area contributed by atoms with Crippen molar-refractivity contribution in [3.05, 3.63) is 46.3 Å². The molecule has 0 spiro atoms. The molecule has 0 aliphatic carbocycles. The highest BCUT2D eigenvalue weighted by Crippen LogP contribution is 2.36. The number of methoxy groups -OCH3 is 1. The molecule has 1 saturated heterocycles. The van der Waals surface area contributed by atoms with Crippen molar-refractivity contribution in [2.75, 3.05) is 30.4 Å². The summed E-state index contributed by atoms with van der Waals surface area (Å²) in [6.07, 6.45) is -2.58. The maximum Gasteiger partial charge on any atom is 0.416 e. The third kappa shape index (κ3) is 4.58. The van der Waals surface area contributed by atoms with E-state index in [1.807, 2.05) is 0 Å². The van der Waals surface area contributed by atoms with Gasteiger partial charge in [-0.2, -0.15) is 13.2 Å². The number of nitrogens with one attached hydrogen (secondary N) is 1. The highest BCUT2D eigenvalue weighted by atomic mass is 19.4. The van der Waals surface area contributed by atoms with E-state index in [1.54, 1.807) is 4.90 Å². The van der Waals surface area contributed by atoms with Crippen LogP contribution in [0.25, 0.3) is 0 Å². The number of piperidine rings is 1. The van der Waals surface area contributed by atoms with Crippen molar-refractivity contribution in [1.82, 2.24) is 9.97 Å². The van der Waals surface area contributed by atoms with Crippen LogP contribution < -0.4 is 10.2 Å². The summed E-state index contributed by atoms with van der Waals surface area (Å²) < 4.78 is 43.5. The van der Waals surface area contributed by atoms with Gasteiger partial charge in [-0.3, -0.25) is 14.9 Å². The second-order valence-electron chi connectivity index (χ2n) is 6.64. The largest absolute Gasteiger partial charge is 0.469 e. The van der Waals surface area contributed by atoms with Crippen molar-refractivity contribution >= 4 is 29.0 Å². The van der Waals surface area contributed by atoms with Crippen LogP contribution >= 0.6 is 0 Å². The van der Waals surface area contributed by atoms with Crippen molar-refractivity contribution in [1.29, 1.82) is 0 Å². The molecule has 0 bridgehead atoms. The Balaban J connectivity index is 1.88. The molecule has 1 aromatic carbocycles. The molecule has 1 aliphatic rings. The molecule has 0 atom stereocenters. The van der Waals surface area contributed by atoms with Crippen LogP contribution in [0, 0.1) is 16.0 Å². The molecule has 9 nitrogen and oxygen atoms in total. The lowest BCUT2D eigenvalue weighted by molar-refractivity contribution is -0.383. The number of alkyl halides is 3. The fraction of sp³-hybridized carbons (Fsp3) is 0.389. The molecule has 1 fully saturated rings. The van der Waals surface area contributed by atoms with Crippen LogP contribution in [0.2, 0.25) is 0 Å². The first kappa shape index (κ1) is 21.3. The number of benzene rings is 1. The number of rotatable bonds is 5. The number of hydrogen-bond acceptors (Lipinski definition) is 8. The minimum Gasteiger partial charge on any atom is -0.469 e. The van der Waals surface area contributed by atoms with E-state index in [-0.39, 0.29) is 29.2 Å². The average Bonchev–Trinajstić information content (AvgIpc) is 2.72. The Morgan fingerprint density at radius 2 is 2.00 bits per heavy atom. The minimum atomic E-state index is -4.55. The van der Waals surface area contributed by atoms with Crippen molar-refractivity contribution in [3.8, 4) is 0 Å². The van der Waals surface area contributed by atoms with Crippen LogP contribution in [-0.4, -0.2) is 41.1 Å². The molecule has 0 radical (unpaired) electrons. The molecule has 30 heavy (non-hydrogen) atoms. The topological polar surface area (TPSA) is 110 Å². The number of nitro groups is 1. The lowest BCUT2D eigenvalue weighted by Gasteiger charge is -2.31. The van der Waals surface area contributed by atoms with Gasteiger partial charge in [0.2, 0.25) is 11.6 Å². The van der Waals surface area contributed by atoms with Crippen molar-refractivity contribution < 1.29 is 27.6 Å². The zero-order valence-electron chi connectivity index (χ0n) is 15.8. The van der Waals surface area contributed by atoms with Crippen molar-refractivity contribution in [3.63, 3.8) is 0 Å². The Kier molecular flexibility index (Phi) is 6.04. The van der Waals surface area contributed by atoms with Gasteiger partial charge in [-0.15, -0.1) is 0 Å². The summed E-state index contributed by atoms with van der Waals surface area (Å²) >= 11 is 0. The molecule has 160 valence electrons. The molecule has 1 aromatic heterocycles. The maximum absolute atomic E-state index is 12.9. The molecule has 1 aliphatic heterocycles. The zero-order chi connectivity index (χ0) is 21.9. The third-order valence-electron chi connectivity index (χ3n) is 4.77. The summed E-state index contributed by atoms with van der Waals surface area (Å²) in [5.41, 5.74) is -1.34. The van der Waals surface area contributed by atoms with Gasteiger partial charge in [0, 0.05) is 18.8 Å². The van der Waals surface area contributed by atoms with E-state index in [0.717, 1.165) is 18.5 Å². The van der Waals surface area contributed by atoms with E-state index in [1.165, 1.54) is 19.2 Å². The highest BCUT2D eigenvalue weighted by molar-refractivity contribution is 5.76. The second kappa shape index (κ2) is 8.51.